The Morgan fingerprint density at radius 3 is 2.42 bits per heavy atom. The SMILES string of the molecule is CCCC1CC=C(c2ccc(-c3ccc(C)c(F)c3Cl)cc2)CC1. The Labute approximate surface area is 149 Å². The van der Waals surface area contributed by atoms with Crippen LogP contribution in [-0.2, 0) is 0 Å². The summed E-state index contributed by atoms with van der Waals surface area (Å²) in [6.45, 7) is 3.99. The van der Waals surface area contributed by atoms with Gasteiger partial charge in [-0.3, -0.25) is 0 Å². The largest absolute Gasteiger partial charge is 0.205 e. The van der Waals surface area contributed by atoms with Crippen LogP contribution in [-0.4, -0.2) is 0 Å². The summed E-state index contributed by atoms with van der Waals surface area (Å²) in [6, 6.07) is 12.0. The fraction of sp³-hybridized carbons (Fsp3) is 0.364. The molecule has 0 spiro atoms. The standard InChI is InChI=1S/C22H24ClF/c1-3-4-16-6-8-17(9-7-16)18-10-12-19(13-11-18)20-14-5-15(2)22(24)21(20)23/h5,8,10-14,16H,3-4,6-7,9H2,1-2H3. The van der Waals surface area contributed by atoms with Crippen LogP contribution in [0.3, 0.4) is 0 Å². The normalized spacial score (nSPS) is 17.7. The lowest BCUT2D eigenvalue weighted by Gasteiger charge is -2.21. The number of benzene rings is 2. The Bertz CT molecular complexity index is 743. The summed E-state index contributed by atoms with van der Waals surface area (Å²) in [7, 11) is 0. The van der Waals surface area contributed by atoms with E-state index in [1.165, 1.54) is 36.8 Å². The van der Waals surface area contributed by atoms with Crippen molar-refractivity contribution < 1.29 is 4.39 Å². The lowest BCUT2D eigenvalue weighted by Crippen LogP contribution is -2.04. The van der Waals surface area contributed by atoms with E-state index in [9.17, 15) is 4.39 Å². The van der Waals surface area contributed by atoms with Crippen LogP contribution in [0.5, 0.6) is 0 Å². The van der Waals surface area contributed by atoms with Gasteiger partial charge >= 0.3 is 0 Å². The van der Waals surface area contributed by atoms with Crippen molar-refractivity contribution in [2.24, 2.45) is 5.92 Å². The highest BCUT2D eigenvalue weighted by molar-refractivity contribution is 6.33. The Balaban J connectivity index is 1.81. The Hall–Kier alpha value is -1.60. The van der Waals surface area contributed by atoms with Gasteiger partial charge < -0.3 is 0 Å². The maximum absolute atomic E-state index is 14.0. The lowest BCUT2D eigenvalue weighted by molar-refractivity contribution is 0.445. The highest BCUT2D eigenvalue weighted by Gasteiger charge is 2.15. The van der Waals surface area contributed by atoms with Crippen LogP contribution in [0, 0.1) is 18.7 Å². The van der Waals surface area contributed by atoms with Crippen LogP contribution >= 0.6 is 11.6 Å². The molecule has 0 N–H and O–H groups in total. The molecule has 2 aromatic rings. The molecule has 1 unspecified atom stereocenters. The van der Waals surface area contributed by atoms with Crippen molar-refractivity contribution in [1.29, 1.82) is 0 Å². The molecule has 0 saturated carbocycles. The zero-order chi connectivity index (χ0) is 17.1. The molecule has 3 rings (SSSR count). The molecule has 2 aromatic carbocycles. The van der Waals surface area contributed by atoms with Gasteiger partial charge in [-0.05, 0) is 54.4 Å². The molecular formula is C22H24ClF. The third-order valence-electron chi connectivity index (χ3n) is 5.06. The molecule has 0 saturated heterocycles. The third kappa shape index (κ3) is 3.57. The maximum atomic E-state index is 14.0. The zero-order valence-corrected chi connectivity index (χ0v) is 15.2. The highest BCUT2D eigenvalue weighted by Crippen LogP contribution is 2.35. The lowest BCUT2D eigenvalue weighted by atomic mass is 9.84. The van der Waals surface area contributed by atoms with Crippen molar-refractivity contribution in [2.45, 2.75) is 46.0 Å². The number of halogens is 2. The van der Waals surface area contributed by atoms with Gasteiger partial charge in [0.25, 0.3) is 0 Å². The van der Waals surface area contributed by atoms with Crippen LogP contribution in [0.15, 0.2) is 42.5 Å². The number of rotatable bonds is 4. The molecule has 1 aliphatic rings. The van der Waals surface area contributed by atoms with E-state index >= 15 is 0 Å². The van der Waals surface area contributed by atoms with E-state index < -0.39 is 0 Å². The van der Waals surface area contributed by atoms with Crippen molar-refractivity contribution >= 4 is 17.2 Å². The van der Waals surface area contributed by atoms with Gasteiger partial charge in [0.15, 0.2) is 0 Å². The average molecular weight is 343 g/mol. The summed E-state index contributed by atoms with van der Waals surface area (Å²) < 4.78 is 14.0. The maximum Gasteiger partial charge on any atom is 0.145 e. The molecule has 126 valence electrons. The molecule has 0 amide bonds. The molecule has 0 fully saturated rings. The third-order valence-corrected chi connectivity index (χ3v) is 5.43. The molecule has 0 nitrogen and oxygen atoms in total. The van der Waals surface area contributed by atoms with Gasteiger partial charge in [0.05, 0.1) is 5.02 Å². The van der Waals surface area contributed by atoms with Crippen LogP contribution in [0.1, 0.15) is 50.2 Å². The number of hydrogen-bond acceptors (Lipinski definition) is 0. The molecule has 1 aliphatic carbocycles. The van der Waals surface area contributed by atoms with Gasteiger partial charge in [0.1, 0.15) is 5.82 Å². The first kappa shape index (κ1) is 17.2. The van der Waals surface area contributed by atoms with Crippen LogP contribution in [0.2, 0.25) is 5.02 Å². The quantitative estimate of drug-likeness (QED) is 0.541. The van der Waals surface area contributed by atoms with E-state index in [0.717, 1.165) is 23.5 Å². The Morgan fingerprint density at radius 1 is 1.08 bits per heavy atom. The van der Waals surface area contributed by atoms with Crippen molar-refractivity contribution in [1.82, 2.24) is 0 Å². The average Bonchev–Trinajstić information content (AvgIpc) is 2.61. The second-order valence-corrected chi connectivity index (χ2v) is 7.17. The van der Waals surface area contributed by atoms with Crippen molar-refractivity contribution in [3.8, 4) is 11.1 Å². The smallest absolute Gasteiger partial charge is 0.145 e. The summed E-state index contributed by atoms with van der Waals surface area (Å²) >= 11 is 6.18. The molecule has 2 heteroatoms. The zero-order valence-electron chi connectivity index (χ0n) is 14.4. The van der Waals surface area contributed by atoms with Crippen molar-refractivity contribution in [2.75, 3.05) is 0 Å². The van der Waals surface area contributed by atoms with Gasteiger partial charge in [-0.15, -0.1) is 0 Å². The highest BCUT2D eigenvalue weighted by atomic mass is 35.5. The fourth-order valence-corrected chi connectivity index (χ4v) is 3.88. The molecule has 0 radical (unpaired) electrons. The summed E-state index contributed by atoms with van der Waals surface area (Å²) in [5.41, 5.74) is 5.01. The minimum absolute atomic E-state index is 0.210. The first-order valence-electron chi connectivity index (χ1n) is 8.84. The van der Waals surface area contributed by atoms with E-state index in [-0.39, 0.29) is 10.8 Å². The molecule has 0 aliphatic heterocycles. The number of hydrogen-bond donors (Lipinski definition) is 0. The monoisotopic (exact) mass is 342 g/mol. The summed E-state index contributed by atoms with van der Waals surface area (Å²) in [5.74, 6) is 0.530. The predicted octanol–water partition coefficient (Wildman–Crippen LogP) is 7.44. The molecule has 0 heterocycles. The van der Waals surface area contributed by atoms with E-state index in [1.807, 2.05) is 18.2 Å². The first-order valence-corrected chi connectivity index (χ1v) is 9.22. The summed E-state index contributed by atoms with van der Waals surface area (Å²) in [5, 5.41) is 0.210. The molecule has 1 atom stereocenters. The second kappa shape index (κ2) is 7.53. The number of allylic oxidation sites excluding steroid dienone is 2. The van der Waals surface area contributed by atoms with Gasteiger partial charge in [-0.25, -0.2) is 4.39 Å². The molecular weight excluding hydrogens is 319 g/mol. The van der Waals surface area contributed by atoms with Crippen molar-refractivity contribution in [3.63, 3.8) is 0 Å². The van der Waals surface area contributed by atoms with Crippen molar-refractivity contribution in [3.05, 3.63) is 64.4 Å². The topological polar surface area (TPSA) is 0 Å². The van der Waals surface area contributed by atoms with E-state index in [2.05, 4.69) is 25.1 Å². The van der Waals surface area contributed by atoms with Gasteiger partial charge in [-0.1, -0.05) is 73.8 Å². The molecule has 24 heavy (non-hydrogen) atoms. The first-order chi connectivity index (χ1) is 11.6. The molecule has 0 bridgehead atoms. The number of aryl methyl sites for hydroxylation is 1. The minimum Gasteiger partial charge on any atom is -0.205 e. The summed E-state index contributed by atoms with van der Waals surface area (Å²) in [6.07, 6.45) is 8.65. The molecule has 0 aromatic heterocycles. The van der Waals surface area contributed by atoms with E-state index in [0.29, 0.717) is 5.56 Å². The van der Waals surface area contributed by atoms with Crippen LogP contribution in [0.4, 0.5) is 4.39 Å². The Kier molecular flexibility index (Phi) is 5.40. The minimum atomic E-state index is -0.324. The fourth-order valence-electron chi connectivity index (χ4n) is 3.55. The second-order valence-electron chi connectivity index (χ2n) is 6.79. The van der Waals surface area contributed by atoms with Gasteiger partial charge in [0, 0.05) is 5.56 Å². The summed E-state index contributed by atoms with van der Waals surface area (Å²) in [4.78, 5) is 0. The van der Waals surface area contributed by atoms with E-state index in [4.69, 9.17) is 11.6 Å². The van der Waals surface area contributed by atoms with Crippen LogP contribution in [0.25, 0.3) is 16.7 Å². The van der Waals surface area contributed by atoms with Gasteiger partial charge in [0.2, 0.25) is 0 Å². The van der Waals surface area contributed by atoms with Gasteiger partial charge in [-0.2, -0.15) is 0 Å². The predicted molar refractivity (Wildman–Crippen MR) is 102 cm³/mol. The Morgan fingerprint density at radius 2 is 1.79 bits per heavy atom. The van der Waals surface area contributed by atoms with E-state index in [1.54, 1.807) is 13.0 Å². The van der Waals surface area contributed by atoms with Crippen LogP contribution < -0.4 is 0 Å².